The lowest BCUT2D eigenvalue weighted by atomic mass is 9.99. The minimum atomic E-state index is -3.32. The lowest BCUT2D eigenvalue weighted by Gasteiger charge is -2.30. The van der Waals surface area contributed by atoms with E-state index in [0.29, 0.717) is 11.3 Å². The summed E-state index contributed by atoms with van der Waals surface area (Å²) in [6.07, 6.45) is -2.73. The predicted molar refractivity (Wildman–Crippen MR) is 158 cm³/mol. The highest BCUT2D eigenvalue weighted by atomic mass is 19.3. The molecule has 3 aromatic rings. The highest BCUT2D eigenvalue weighted by Gasteiger charge is 2.51. The Labute approximate surface area is 250 Å². The van der Waals surface area contributed by atoms with Crippen LogP contribution in [0.4, 0.5) is 8.78 Å². The number of halogens is 2. The average molecular weight is 594 g/mol. The number of likely N-dealkylation sites (tertiary alicyclic amines) is 1. The molecule has 3 atom stereocenters. The van der Waals surface area contributed by atoms with Gasteiger partial charge in [-0.15, -0.1) is 0 Å². The molecule has 0 spiro atoms. The summed E-state index contributed by atoms with van der Waals surface area (Å²) < 4.78 is 34.9. The summed E-state index contributed by atoms with van der Waals surface area (Å²) in [5, 5.41) is 16.5. The maximum Gasteiger partial charge on any atom is 0.267 e. The molecule has 3 amide bonds. The van der Waals surface area contributed by atoms with E-state index in [1.807, 2.05) is 57.2 Å². The standard InChI is InChI=1S/C33H37F2N3O5/c1-21-10-7-8-15-25(21)18-36-31(41)27-17-33(34,35)20-38(27)32(42)29(40)26(16-24-13-5-4-6-14-24)37-28(39)19-43-30-22(2)11-9-12-23(30)3/h4-15,26-27,29,40H,16-20H2,1-3H3,(H,36,41)(H,37,39). The first-order valence-corrected chi connectivity index (χ1v) is 14.2. The highest BCUT2D eigenvalue weighted by molar-refractivity contribution is 5.91. The van der Waals surface area contributed by atoms with Crippen molar-refractivity contribution in [2.45, 2.75) is 64.3 Å². The van der Waals surface area contributed by atoms with Gasteiger partial charge in [-0.3, -0.25) is 14.4 Å². The molecule has 1 heterocycles. The van der Waals surface area contributed by atoms with Crippen LogP contribution < -0.4 is 15.4 Å². The molecule has 1 fully saturated rings. The van der Waals surface area contributed by atoms with E-state index in [1.165, 1.54) is 0 Å². The third kappa shape index (κ3) is 8.16. The van der Waals surface area contributed by atoms with Crippen molar-refractivity contribution < 1.29 is 33.0 Å². The monoisotopic (exact) mass is 593 g/mol. The number of carbonyl (C=O) groups is 3. The number of aliphatic hydroxyl groups is 1. The zero-order valence-corrected chi connectivity index (χ0v) is 24.5. The molecular formula is C33H37F2N3O5. The summed E-state index contributed by atoms with van der Waals surface area (Å²) in [4.78, 5) is 40.3. The molecule has 0 radical (unpaired) electrons. The topological polar surface area (TPSA) is 108 Å². The summed E-state index contributed by atoms with van der Waals surface area (Å²) in [6.45, 7) is 4.26. The first-order chi connectivity index (χ1) is 20.4. The number of alkyl halides is 2. The number of benzene rings is 3. The lowest BCUT2D eigenvalue weighted by Crippen LogP contribution is -2.56. The Morgan fingerprint density at radius 2 is 1.58 bits per heavy atom. The maximum atomic E-state index is 14.6. The van der Waals surface area contributed by atoms with Gasteiger partial charge in [0.25, 0.3) is 17.7 Å². The van der Waals surface area contributed by atoms with Crippen LogP contribution in [-0.2, 0) is 27.3 Å². The summed E-state index contributed by atoms with van der Waals surface area (Å²) in [6, 6.07) is 19.1. The Morgan fingerprint density at radius 1 is 0.953 bits per heavy atom. The van der Waals surface area contributed by atoms with Crippen LogP contribution in [0.5, 0.6) is 5.75 Å². The number of aryl methyl sites for hydroxylation is 3. The largest absolute Gasteiger partial charge is 0.483 e. The molecule has 3 N–H and O–H groups in total. The van der Waals surface area contributed by atoms with Crippen molar-refractivity contribution in [3.05, 3.63) is 101 Å². The summed E-state index contributed by atoms with van der Waals surface area (Å²) in [5.41, 5.74) is 4.11. The first-order valence-electron chi connectivity index (χ1n) is 14.2. The third-order valence-corrected chi connectivity index (χ3v) is 7.61. The first kappa shape index (κ1) is 31.6. The Morgan fingerprint density at radius 3 is 2.26 bits per heavy atom. The van der Waals surface area contributed by atoms with Crippen LogP contribution in [0.15, 0.2) is 72.8 Å². The lowest BCUT2D eigenvalue weighted by molar-refractivity contribution is -0.147. The van der Waals surface area contributed by atoms with E-state index in [1.54, 1.807) is 36.4 Å². The fraction of sp³-hybridized carbons (Fsp3) is 0.364. The average Bonchev–Trinajstić information content (AvgIpc) is 3.31. The molecule has 4 rings (SSSR count). The fourth-order valence-corrected chi connectivity index (χ4v) is 5.26. The summed E-state index contributed by atoms with van der Waals surface area (Å²) in [5.74, 6) is -5.18. The third-order valence-electron chi connectivity index (χ3n) is 7.61. The number of nitrogens with zero attached hydrogens (tertiary/aromatic N) is 1. The molecule has 8 nitrogen and oxygen atoms in total. The smallest absolute Gasteiger partial charge is 0.267 e. The van der Waals surface area contributed by atoms with Crippen LogP contribution in [0, 0.1) is 20.8 Å². The molecule has 228 valence electrons. The number of ether oxygens (including phenoxy) is 1. The van der Waals surface area contributed by atoms with E-state index in [-0.39, 0.29) is 19.6 Å². The van der Waals surface area contributed by atoms with Gasteiger partial charge in [0.05, 0.1) is 12.6 Å². The Bertz CT molecular complexity index is 1430. The van der Waals surface area contributed by atoms with E-state index < -0.39 is 54.8 Å². The second-order valence-corrected chi connectivity index (χ2v) is 11.0. The molecule has 3 unspecified atom stereocenters. The van der Waals surface area contributed by atoms with Crippen LogP contribution >= 0.6 is 0 Å². The number of carbonyl (C=O) groups excluding carboxylic acids is 3. The van der Waals surface area contributed by atoms with Crippen LogP contribution in [0.25, 0.3) is 0 Å². The van der Waals surface area contributed by atoms with Gasteiger partial charge in [0.2, 0.25) is 5.91 Å². The van der Waals surface area contributed by atoms with E-state index in [0.717, 1.165) is 27.2 Å². The number of amides is 3. The Balaban J connectivity index is 1.49. The molecule has 43 heavy (non-hydrogen) atoms. The van der Waals surface area contributed by atoms with E-state index in [4.69, 9.17) is 4.74 Å². The SMILES string of the molecule is Cc1ccccc1CNC(=O)C1CC(F)(F)CN1C(=O)C(O)C(Cc1ccccc1)NC(=O)COc1c(C)cccc1C. The van der Waals surface area contributed by atoms with Gasteiger partial charge in [-0.25, -0.2) is 8.78 Å². The quantitative estimate of drug-likeness (QED) is 0.315. The minimum absolute atomic E-state index is 0.0389. The van der Waals surface area contributed by atoms with Crippen molar-refractivity contribution in [2.75, 3.05) is 13.2 Å². The Hall–Kier alpha value is -4.31. The second-order valence-electron chi connectivity index (χ2n) is 11.0. The van der Waals surface area contributed by atoms with E-state index in [2.05, 4.69) is 10.6 Å². The Kier molecular flexibility index (Phi) is 10.1. The molecule has 3 aromatic carbocycles. The van der Waals surface area contributed by atoms with Crippen molar-refractivity contribution >= 4 is 17.7 Å². The normalized spacial score (nSPS) is 17.2. The minimum Gasteiger partial charge on any atom is -0.483 e. The van der Waals surface area contributed by atoms with Gasteiger partial charge in [-0.2, -0.15) is 0 Å². The molecule has 1 aliphatic heterocycles. The van der Waals surface area contributed by atoms with Crippen molar-refractivity contribution in [1.82, 2.24) is 15.5 Å². The summed E-state index contributed by atoms with van der Waals surface area (Å²) >= 11 is 0. The van der Waals surface area contributed by atoms with Gasteiger partial charge in [0.15, 0.2) is 12.7 Å². The van der Waals surface area contributed by atoms with Crippen molar-refractivity contribution in [1.29, 1.82) is 0 Å². The fourth-order valence-electron chi connectivity index (χ4n) is 5.26. The van der Waals surface area contributed by atoms with Crippen LogP contribution in [0.2, 0.25) is 0 Å². The van der Waals surface area contributed by atoms with Crippen molar-refractivity contribution in [2.24, 2.45) is 0 Å². The molecule has 0 aromatic heterocycles. The maximum absolute atomic E-state index is 14.6. The van der Waals surface area contributed by atoms with Crippen LogP contribution in [-0.4, -0.2) is 65.0 Å². The second kappa shape index (κ2) is 13.8. The number of aliphatic hydroxyl groups excluding tert-OH is 1. The van der Waals surface area contributed by atoms with E-state index in [9.17, 15) is 28.3 Å². The molecule has 0 bridgehead atoms. The molecule has 10 heteroatoms. The van der Waals surface area contributed by atoms with Gasteiger partial charge in [0.1, 0.15) is 11.8 Å². The van der Waals surface area contributed by atoms with Crippen LogP contribution in [0.1, 0.15) is 34.2 Å². The van der Waals surface area contributed by atoms with Gasteiger partial charge in [0, 0.05) is 13.0 Å². The number of rotatable bonds is 11. The van der Waals surface area contributed by atoms with Gasteiger partial charge in [-0.1, -0.05) is 72.8 Å². The van der Waals surface area contributed by atoms with Gasteiger partial charge >= 0.3 is 0 Å². The molecule has 0 aliphatic carbocycles. The molecule has 0 saturated carbocycles. The number of para-hydroxylation sites is 1. The highest BCUT2D eigenvalue weighted by Crippen LogP contribution is 2.33. The van der Waals surface area contributed by atoms with Crippen molar-refractivity contribution in [3.63, 3.8) is 0 Å². The number of hydrogen-bond donors (Lipinski definition) is 3. The number of hydrogen-bond acceptors (Lipinski definition) is 5. The zero-order chi connectivity index (χ0) is 31.1. The predicted octanol–water partition coefficient (Wildman–Crippen LogP) is 3.63. The van der Waals surface area contributed by atoms with Gasteiger partial charge < -0.3 is 25.4 Å². The van der Waals surface area contributed by atoms with E-state index >= 15 is 0 Å². The van der Waals surface area contributed by atoms with Gasteiger partial charge in [-0.05, 0) is 55.0 Å². The zero-order valence-electron chi connectivity index (χ0n) is 24.5. The molecule has 1 aliphatic rings. The molecular weight excluding hydrogens is 556 g/mol. The summed E-state index contributed by atoms with van der Waals surface area (Å²) in [7, 11) is 0. The number of nitrogens with one attached hydrogen (secondary N) is 2. The van der Waals surface area contributed by atoms with Crippen LogP contribution in [0.3, 0.4) is 0 Å². The molecule has 1 saturated heterocycles. The van der Waals surface area contributed by atoms with Crippen molar-refractivity contribution in [3.8, 4) is 5.75 Å².